The minimum Gasteiger partial charge on any atom is -0.319 e. The number of nitro groups is 1. The molecule has 1 aromatic carbocycles. The van der Waals surface area contributed by atoms with Crippen molar-refractivity contribution in [2.75, 3.05) is 26.7 Å². The Bertz CT molecular complexity index is 657. The lowest BCUT2D eigenvalue weighted by Crippen LogP contribution is -2.40. The fourth-order valence-corrected chi connectivity index (χ4v) is 4.59. The fraction of sp³-hybridized carbons (Fsp3) is 0.538. The summed E-state index contributed by atoms with van der Waals surface area (Å²) in [4.78, 5) is 10.2. The molecule has 0 bridgehead atoms. The Kier molecular flexibility index (Phi) is 5.54. The summed E-state index contributed by atoms with van der Waals surface area (Å²) in [7, 11) is -1.97. The van der Waals surface area contributed by atoms with Crippen molar-refractivity contribution in [1.29, 1.82) is 0 Å². The van der Waals surface area contributed by atoms with Crippen molar-refractivity contribution in [3.63, 3.8) is 0 Å². The molecule has 7 nitrogen and oxygen atoms in total. The molecule has 1 aliphatic rings. The van der Waals surface area contributed by atoms with Crippen LogP contribution in [0.15, 0.2) is 27.6 Å². The normalized spacial score (nSPS) is 17.5. The number of rotatable bonds is 5. The van der Waals surface area contributed by atoms with Gasteiger partial charge in [0.25, 0.3) is 5.69 Å². The zero-order chi connectivity index (χ0) is 16.3. The number of piperidine rings is 1. The van der Waals surface area contributed by atoms with Crippen molar-refractivity contribution in [1.82, 2.24) is 9.62 Å². The van der Waals surface area contributed by atoms with Gasteiger partial charge in [0.2, 0.25) is 10.0 Å². The quantitative estimate of drug-likeness (QED) is 0.611. The summed E-state index contributed by atoms with van der Waals surface area (Å²) in [6.07, 6.45) is 1.51. The summed E-state index contributed by atoms with van der Waals surface area (Å²) in [6, 6.07) is 4.02. The van der Waals surface area contributed by atoms with Crippen LogP contribution in [0.5, 0.6) is 0 Å². The van der Waals surface area contributed by atoms with Crippen LogP contribution in [0.25, 0.3) is 0 Å². The smallest absolute Gasteiger partial charge is 0.290 e. The Hall–Kier alpha value is -1.03. The summed E-state index contributed by atoms with van der Waals surface area (Å²) in [6.45, 7) is 1.64. The molecule has 1 heterocycles. The number of nitrogens with one attached hydrogen (secondary N) is 1. The van der Waals surface area contributed by atoms with Crippen LogP contribution in [0.1, 0.15) is 12.8 Å². The summed E-state index contributed by atoms with van der Waals surface area (Å²) in [5.41, 5.74) is -0.397. The number of nitrogens with zero attached hydrogens (tertiary/aromatic N) is 2. The average Bonchev–Trinajstić information content (AvgIpc) is 2.47. The molecule has 1 fully saturated rings. The molecular weight excluding hydrogens is 374 g/mol. The fourth-order valence-electron chi connectivity index (χ4n) is 2.63. The highest BCUT2D eigenvalue weighted by molar-refractivity contribution is 9.10. The maximum atomic E-state index is 12.7. The zero-order valence-electron chi connectivity index (χ0n) is 12.2. The van der Waals surface area contributed by atoms with Crippen molar-refractivity contribution in [2.45, 2.75) is 17.7 Å². The molecule has 1 aliphatic heterocycles. The van der Waals surface area contributed by atoms with Gasteiger partial charge < -0.3 is 5.32 Å². The molecule has 0 spiro atoms. The van der Waals surface area contributed by atoms with Gasteiger partial charge in [-0.05, 0) is 44.5 Å². The van der Waals surface area contributed by atoms with E-state index in [1.54, 1.807) is 0 Å². The van der Waals surface area contributed by atoms with Crippen molar-refractivity contribution in [2.24, 2.45) is 5.92 Å². The lowest BCUT2D eigenvalue weighted by atomic mass is 9.98. The van der Waals surface area contributed by atoms with Gasteiger partial charge in [0.15, 0.2) is 4.90 Å². The standard InChI is InChI=1S/C13H18BrN3O4S/c1-15-9-10-4-6-16(7-5-10)22(20,21)13-3-2-11(14)8-12(13)17(18)19/h2-3,8,10,15H,4-7,9H2,1H3. The van der Waals surface area contributed by atoms with E-state index in [2.05, 4.69) is 21.2 Å². The Morgan fingerprint density at radius 2 is 2.05 bits per heavy atom. The molecule has 0 amide bonds. The minimum atomic E-state index is -3.84. The Morgan fingerprint density at radius 3 is 2.59 bits per heavy atom. The van der Waals surface area contributed by atoms with Gasteiger partial charge in [0.05, 0.1) is 4.92 Å². The molecule has 1 aromatic rings. The average molecular weight is 392 g/mol. The van der Waals surface area contributed by atoms with Crippen LogP contribution in [-0.2, 0) is 10.0 Å². The number of halogens is 1. The van der Waals surface area contributed by atoms with Crippen LogP contribution in [0.3, 0.4) is 0 Å². The molecule has 0 aliphatic carbocycles. The second-order valence-corrected chi connectivity index (χ2v) is 8.10. The van der Waals surface area contributed by atoms with Crippen LogP contribution in [0.4, 0.5) is 5.69 Å². The monoisotopic (exact) mass is 391 g/mol. The number of sulfonamides is 1. The molecule has 9 heteroatoms. The van der Waals surface area contributed by atoms with Crippen LogP contribution in [-0.4, -0.2) is 44.3 Å². The lowest BCUT2D eigenvalue weighted by molar-refractivity contribution is -0.387. The van der Waals surface area contributed by atoms with Gasteiger partial charge in [-0.25, -0.2) is 8.42 Å². The van der Waals surface area contributed by atoms with E-state index < -0.39 is 20.6 Å². The molecule has 0 atom stereocenters. The second-order valence-electron chi connectivity index (χ2n) is 5.27. The summed E-state index contributed by atoms with van der Waals surface area (Å²) < 4.78 is 27.2. The van der Waals surface area contributed by atoms with Crippen molar-refractivity contribution >= 4 is 31.6 Å². The molecule has 1 N–H and O–H groups in total. The first-order valence-corrected chi connectivity index (χ1v) is 9.18. The largest absolute Gasteiger partial charge is 0.319 e. The third-order valence-electron chi connectivity index (χ3n) is 3.80. The van der Waals surface area contributed by atoms with Gasteiger partial charge in [-0.1, -0.05) is 15.9 Å². The summed E-state index contributed by atoms with van der Waals surface area (Å²) >= 11 is 3.13. The van der Waals surface area contributed by atoms with Gasteiger partial charge in [0.1, 0.15) is 0 Å². The van der Waals surface area contributed by atoms with E-state index in [1.807, 2.05) is 7.05 Å². The van der Waals surface area contributed by atoms with E-state index in [-0.39, 0.29) is 4.90 Å². The minimum absolute atomic E-state index is 0.243. The van der Waals surface area contributed by atoms with Crippen LogP contribution < -0.4 is 5.32 Å². The number of benzene rings is 1. The number of nitro benzene ring substituents is 1. The predicted octanol–water partition coefficient (Wildman–Crippen LogP) is 1.98. The third-order valence-corrected chi connectivity index (χ3v) is 6.24. The second kappa shape index (κ2) is 7.03. The van der Waals surface area contributed by atoms with Gasteiger partial charge in [0, 0.05) is 23.6 Å². The SMILES string of the molecule is CNCC1CCN(S(=O)(=O)c2ccc(Br)cc2[N+](=O)[O-])CC1. The maximum Gasteiger partial charge on any atom is 0.290 e. The third kappa shape index (κ3) is 3.65. The molecule has 0 aromatic heterocycles. The van der Waals surface area contributed by atoms with E-state index in [4.69, 9.17) is 0 Å². The van der Waals surface area contributed by atoms with Gasteiger partial charge in [-0.2, -0.15) is 4.31 Å². The van der Waals surface area contributed by atoms with E-state index in [0.29, 0.717) is 23.5 Å². The summed E-state index contributed by atoms with van der Waals surface area (Å²) in [5, 5.41) is 14.2. The van der Waals surface area contributed by atoms with E-state index >= 15 is 0 Å². The molecule has 2 rings (SSSR count). The molecule has 22 heavy (non-hydrogen) atoms. The zero-order valence-corrected chi connectivity index (χ0v) is 14.6. The van der Waals surface area contributed by atoms with Crippen LogP contribution in [0, 0.1) is 16.0 Å². The summed E-state index contributed by atoms with van der Waals surface area (Å²) in [5.74, 6) is 0.441. The van der Waals surface area contributed by atoms with Crippen molar-refractivity contribution in [3.05, 3.63) is 32.8 Å². The molecule has 0 radical (unpaired) electrons. The number of hydrogen-bond acceptors (Lipinski definition) is 5. The first kappa shape index (κ1) is 17.3. The predicted molar refractivity (Wildman–Crippen MR) is 86.2 cm³/mol. The van der Waals surface area contributed by atoms with Crippen molar-refractivity contribution in [3.8, 4) is 0 Å². The Labute approximate surface area is 138 Å². The lowest BCUT2D eigenvalue weighted by Gasteiger charge is -2.30. The molecule has 122 valence electrons. The highest BCUT2D eigenvalue weighted by Crippen LogP contribution is 2.31. The highest BCUT2D eigenvalue weighted by atomic mass is 79.9. The topological polar surface area (TPSA) is 92.6 Å². The van der Waals surface area contributed by atoms with Gasteiger partial charge in [-0.3, -0.25) is 10.1 Å². The van der Waals surface area contributed by atoms with E-state index in [0.717, 1.165) is 19.4 Å². The molecular formula is C13H18BrN3O4S. The van der Waals surface area contributed by atoms with E-state index in [9.17, 15) is 18.5 Å². The Balaban J connectivity index is 2.27. The van der Waals surface area contributed by atoms with Crippen LogP contribution >= 0.6 is 15.9 Å². The van der Waals surface area contributed by atoms with Gasteiger partial charge >= 0.3 is 0 Å². The van der Waals surface area contributed by atoms with E-state index in [1.165, 1.54) is 22.5 Å². The van der Waals surface area contributed by atoms with Crippen molar-refractivity contribution < 1.29 is 13.3 Å². The molecule has 0 unspecified atom stereocenters. The number of hydrogen-bond donors (Lipinski definition) is 1. The first-order chi connectivity index (χ1) is 10.4. The van der Waals surface area contributed by atoms with Crippen LogP contribution in [0.2, 0.25) is 0 Å². The first-order valence-electron chi connectivity index (χ1n) is 6.95. The molecule has 1 saturated heterocycles. The Morgan fingerprint density at radius 1 is 1.41 bits per heavy atom. The molecule has 0 saturated carbocycles. The van der Waals surface area contributed by atoms with Gasteiger partial charge in [-0.15, -0.1) is 0 Å². The maximum absolute atomic E-state index is 12.7. The highest BCUT2D eigenvalue weighted by Gasteiger charge is 2.34.